The van der Waals surface area contributed by atoms with Crippen LogP contribution >= 0.6 is 7.14 Å². The molecule has 1 nitrogen and oxygen atoms in total. The van der Waals surface area contributed by atoms with Gasteiger partial charge in [0.25, 0.3) is 0 Å². The summed E-state index contributed by atoms with van der Waals surface area (Å²) in [5.41, 5.74) is 0. The van der Waals surface area contributed by atoms with Crippen molar-refractivity contribution in [2.24, 2.45) is 0 Å². The molecule has 0 spiro atoms. The predicted octanol–water partition coefficient (Wildman–Crippen LogP) is 2.19. The van der Waals surface area contributed by atoms with Crippen molar-refractivity contribution in [3.63, 3.8) is 0 Å². The van der Waals surface area contributed by atoms with Crippen LogP contribution in [0.2, 0.25) is 0 Å². The Morgan fingerprint density at radius 1 is 1.50 bits per heavy atom. The molecule has 0 amide bonds. The quantitative estimate of drug-likeness (QED) is 0.415. The molecule has 2 heteroatoms. The first-order valence-electron chi connectivity index (χ1n) is 2.71. The Morgan fingerprint density at radius 3 is 2.12 bits per heavy atom. The van der Waals surface area contributed by atoms with Gasteiger partial charge in [0.15, 0.2) is 0 Å². The van der Waals surface area contributed by atoms with Gasteiger partial charge in [0.05, 0.1) is 7.14 Å². The van der Waals surface area contributed by atoms with E-state index in [1.807, 2.05) is 19.1 Å². The van der Waals surface area contributed by atoms with E-state index in [2.05, 4.69) is 0 Å². The molecule has 0 heterocycles. The molecule has 48 valence electrons. The second-order valence-corrected chi connectivity index (χ2v) is 5.84. The monoisotopic (exact) mass is 132 g/mol. The third-order valence-electron chi connectivity index (χ3n) is 0.781. The smallest absolute Gasteiger partial charge is 0.0854 e. The molecule has 0 saturated carbocycles. The lowest BCUT2D eigenvalue weighted by atomic mass is 10.6. The van der Waals surface area contributed by atoms with Crippen LogP contribution in [0.4, 0.5) is 0 Å². The highest BCUT2D eigenvalue weighted by Crippen LogP contribution is 2.35. The van der Waals surface area contributed by atoms with Gasteiger partial charge in [-0.15, -0.1) is 0 Å². The molecular formula is C6H13OP. The summed E-state index contributed by atoms with van der Waals surface area (Å²) < 4.78 is 10.9. The molecule has 0 aliphatic heterocycles. The number of hydrogen-bond donors (Lipinski definition) is 0. The number of allylic oxidation sites excluding steroid dienone is 2. The third kappa shape index (κ3) is 5.97. The topological polar surface area (TPSA) is 17.1 Å². The molecule has 0 unspecified atom stereocenters. The van der Waals surface area contributed by atoms with Crippen LogP contribution in [0.1, 0.15) is 6.92 Å². The highest BCUT2D eigenvalue weighted by atomic mass is 31.2. The van der Waals surface area contributed by atoms with Gasteiger partial charge < -0.3 is 4.57 Å². The summed E-state index contributed by atoms with van der Waals surface area (Å²) in [7, 11) is -1.77. The van der Waals surface area contributed by atoms with Crippen molar-refractivity contribution in [2.45, 2.75) is 6.92 Å². The van der Waals surface area contributed by atoms with Gasteiger partial charge in [-0.25, -0.2) is 0 Å². The molecule has 0 fully saturated rings. The van der Waals surface area contributed by atoms with E-state index in [4.69, 9.17) is 0 Å². The van der Waals surface area contributed by atoms with Crippen molar-refractivity contribution < 1.29 is 4.57 Å². The highest BCUT2D eigenvalue weighted by Gasteiger charge is 2.00. The van der Waals surface area contributed by atoms with Gasteiger partial charge in [-0.2, -0.15) is 0 Å². The van der Waals surface area contributed by atoms with Crippen LogP contribution in [0, 0.1) is 0 Å². The van der Waals surface area contributed by atoms with Crippen molar-refractivity contribution in [3.8, 4) is 0 Å². The van der Waals surface area contributed by atoms with Gasteiger partial charge >= 0.3 is 0 Å². The summed E-state index contributed by atoms with van der Waals surface area (Å²) in [6.45, 7) is 5.54. The van der Waals surface area contributed by atoms with E-state index in [1.54, 1.807) is 13.3 Å². The fourth-order valence-corrected chi connectivity index (χ4v) is 1.08. The maximum atomic E-state index is 10.9. The van der Waals surface area contributed by atoms with Gasteiger partial charge in [0.2, 0.25) is 0 Å². The molecule has 0 aliphatic rings. The molecule has 0 radical (unpaired) electrons. The summed E-state index contributed by atoms with van der Waals surface area (Å²) in [5, 5.41) is 0. The Hall–Kier alpha value is -0.0300. The Labute approximate surface area is 51.2 Å². The lowest BCUT2D eigenvalue weighted by molar-refractivity contribution is 0.584. The minimum atomic E-state index is -1.77. The van der Waals surface area contributed by atoms with E-state index in [1.165, 1.54) is 0 Å². The fraction of sp³-hybridized carbons (Fsp3) is 0.667. The first kappa shape index (κ1) is 7.97. The average Bonchev–Trinajstić information content (AvgIpc) is 1.59. The summed E-state index contributed by atoms with van der Waals surface area (Å²) in [5.74, 6) is 0. The molecule has 0 atom stereocenters. The van der Waals surface area contributed by atoms with Crippen LogP contribution in [0.15, 0.2) is 12.2 Å². The van der Waals surface area contributed by atoms with E-state index >= 15 is 0 Å². The Kier molecular flexibility index (Phi) is 3.08. The van der Waals surface area contributed by atoms with Crippen molar-refractivity contribution >= 4 is 7.14 Å². The van der Waals surface area contributed by atoms with E-state index in [9.17, 15) is 4.57 Å². The average molecular weight is 132 g/mol. The minimum absolute atomic E-state index is 0.740. The Bertz CT molecular complexity index is 120. The van der Waals surface area contributed by atoms with E-state index in [-0.39, 0.29) is 0 Å². The standard InChI is InChI=1S/C6H13OP/c1-4-5-6-8(2,3)7/h4-5H,6H2,1-3H3. The molecule has 0 rings (SSSR count). The normalized spacial score (nSPS) is 12.9. The first-order valence-corrected chi connectivity index (χ1v) is 5.50. The van der Waals surface area contributed by atoms with Crippen molar-refractivity contribution in [1.29, 1.82) is 0 Å². The van der Waals surface area contributed by atoms with Crippen LogP contribution in [0.5, 0.6) is 0 Å². The van der Waals surface area contributed by atoms with Gasteiger partial charge in [-0.3, -0.25) is 0 Å². The molecule has 0 aromatic rings. The van der Waals surface area contributed by atoms with Crippen LogP contribution in [-0.4, -0.2) is 19.5 Å². The van der Waals surface area contributed by atoms with Gasteiger partial charge in [0, 0.05) is 6.16 Å². The predicted molar refractivity (Wildman–Crippen MR) is 39.1 cm³/mol. The Balaban J connectivity index is 3.57. The molecule has 0 aromatic carbocycles. The molecule has 0 aliphatic carbocycles. The molecule has 0 aromatic heterocycles. The molecule has 0 saturated heterocycles. The minimum Gasteiger partial charge on any atom is -0.324 e. The van der Waals surface area contributed by atoms with Crippen LogP contribution < -0.4 is 0 Å². The van der Waals surface area contributed by atoms with Gasteiger partial charge in [-0.05, 0) is 20.3 Å². The zero-order valence-electron chi connectivity index (χ0n) is 5.72. The summed E-state index contributed by atoms with van der Waals surface area (Å²) in [6.07, 6.45) is 4.62. The lowest BCUT2D eigenvalue weighted by Gasteiger charge is -1.98. The largest absolute Gasteiger partial charge is 0.324 e. The molecule has 0 bridgehead atoms. The maximum Gasteiger partial charge on any atom is 0.0854 e. The second-order valence-electron chi connectivity index (χ2n) is 2.33. The fourth-order valence-electron chi connectivity index (χ4n) is 0.359. The van der Waals surface area contributed by atoms with Crippen molar-refractivity contribution in [2.75, 3.05) is 19.5 Å². The zero-order chi connectivity index (χ0) is 6.62. The SMILES string of the molecule is CC=CCP(C)(C)=O. The zero-order valence-corrected chi connectivity index (χ0v) is 6.61. The molecule has 8 heavy (non-hydrogen) atoms. The van der Waals surface area contributed by atoms with Gasteiger partial charge in [-0.1, -0.05) is 12.2 Å². The molecule has 0 N–H and O–H groups in total. The number of rotatable bonds is 2. The first-order chi connectivity index (χ1) is 3.56. The van der Waals surface area contributed by atoms with E-state index in [0.717, 1.165) is 6.16 Å². The second kappa shape index (κ2) is 3.09. The molecular weight excluding hydrogens is 119 g/mol. The highest BCUT2D eigenvalue weighted by molar-refractivity contribution is 7.62. The van der Waals surface area contributed by atoms with Crippen LogP contribution in [0.25, 0.3) is 0 Å². The van der Waals surface area contributed by atoms with Crippen molar-refractivity contribution in [3.05, 3.63) is 12.2 Å². The Morgan fingerprint density at radius 2 is 2.00 bits per heavy atom. The number of hydrogen-bond acceptors (Lipinski definition) is 1. The van der Waals surface area contributed by atoms with E-state index in [0.29, 0.717) is 0 Å². The van der Waals surface area contributed by atoms with Crippen LogP contribution in [0.3, 0.4) is 0 Å². The summed E-state index contributed by atoms with van der Waals surface area (Å²) >= 11 is 0. The van der Waals surface area contributed by atoms with Crippen molar-refractivity contribution in [1.82, 2.24) is 0 Å². The summed E-state index contributed by atoms with van der Waals surface area (Å²) in [4.78, 5) is 0. The van der Waals surface area contributed by atoms with Crippen LogP contribution in [-0.2, 0) is 4.57 Å². The lowest BCUT2D eigenvalue weighted by Crippen LogP contribution is -1.78. The van der Waals surface area contributed by atoms with Gasteiger partial charge in [0.1, 0.15) is 0 Å². The maximum absolute atomic E-state index is 10.9. The third-order valence-corrected chi connectivity index (χ3v) is 1.87. The summed E-state index contributed by atoms with van der Waals surface area (Å²) in [6, 6.07) is 0. The van der Waals surface area contributed by atoms with E-state index < -0.39 is 7.14 Å².